The van der Waals surface area contributed by atoms with E-state index >= 15 is 0 Å². The molecule has 0 radical (unpaired) electrons. The summed E-state index contributed by atoms with van der Waals surface area (Å²) in [7, 11) is 0. The topological polar surface area (TPSA) is 96.1 Å². The van der Waals surface area contributed by atoms with Gasteiger partial charge in [-0.15, -0.1) is 0 Å². The number of anilines is 1. The molecule has 1 aromatic rings. The fourth-order valence-corrected chi connectivity index (χ4v) is 2.39. The zero-order valence-corrected chi connectivity index (χ0v) is 12.6. The van der Waals surface area contributed by atoms with Gasteiger partial charge in [-0.2, -0.15) is 0 Å². The molecule has 1 aliphatic heterocycles. The standard InChI is InChI=1S/C15H21N3O4/c1-2-17(7-8-19)10-14(20)18-9-13(15(16)21)22-12-6-4-3-5-11(12)18/h3-6,13,19H,2,7-10H2,1H3,(H2,16,21). The largest absolute Gasteiger partial charge is 0.477 e. The van der Waals surface area contributed by atoms with E-state index in [1.807, 2.05) is 11.8 Å². The minimum Gasteiger partial charge on any atom is -0.477 e. The highest BCUT2D eigenvalue weighted by molar-refractivity contribution is 5.98. The first kappa shape index (κ1) is 16.3. The van der Waals surface area contributed by atoms with Crippen molar-refractivity contribution >= 4 is 17.5 Å². The van der Waals surface area contributed by atoms with Crippen molar-refractivity contribution in [1.82, 2.24) is 4.90 Å². The molecule has 0 bridgehead atoms. The molecule has 1 aliphatic rings. The molecule has 22 heavy (non-hydrogen) atoms. The molecule has 0 fully saturated rings. The van der Waals surface area contributed by atoms with Crippen LogP contribution in [0.3, 0.4) is 0 Å². The Morgan fingerprint density at radius 2 is 2.18 bits per heavy atom. The number of benzene rings is 1. The second-order valence-corrected chi connectivity index (χ2v) is 5.07. The fraction of sp³-hybridized carbons (Fsp3) is 0.467. The zero-order valence-electron chi connectivity index (χ0n) is 12.6. The minimum absolute atomic E-state index is 0.00920. The SMILES string of the molecule is CCN(CCO)CC(=O)N1CC(C(N)=O)Oc2ccccc21. The second kappa shape index (κ2) is 7.24. The highest BCUT2D eigenvalue weighted by Crippen LogP contribution is 2.33. The van der Waals surface area contributed by atoms with Crippen LogP contribution in [0.5, 0.6) is 5.75 Å². The first-order valence-electron chi connectivity index (χ1n) is 7.25. The number of carbonyl (C=O) groups excluding carboxylic acids is 2. The summed E-state index contributed by atoms with van der Waals surface area (Å²) in [6.07, 6.45) is -0.855. The molecule has 7 heteroatoms. The maximum absolute atomic E-state index is 12.6. The molecule has 1 aromatic carbocycles. The molecule has 3 N–H and O–H groups in total. The molecule has 2 rings (SSSR count). The van der Waals surface area contributed by atoms with Crippen molar-refractivity contribution < 1.29 is 19.4 Å². The van der Waals surface area contributed by atoms with Gasteiger partial charge in [-0.25, -0.2) is 0 Å². The third kappa shape index (κ3) is 3.55. The van der Waals surface area contributed by atoms with Crippen LogP contribution in [-0.2, 0) is 9.59 Å². The van der Waals surface area contributed by atoms with Gasteiger partial charge in [-0.05, 0) is 18.7 Å². The molecular formula is C15H21N3O4. The number of para-hydroxylation sites is 2. The number of rotatable bonds is 6. The monoisotopic (exact) mass is 307 g/mol. The molecular weight excluding hydrogens is 286 g/mol. The quantitative estimate of drug-likeness (QED) is 0.744. The second-order valence-electron chi connectivity index (χ2n) is 5.07. The summed E-state index contributed by atoms with van der Waals surface area (Å²) >= 11 is 0. The number of ether oxygens (including phenoxy) is 1. The lowest BCUT2D eigenvalue weighted by Crippen LogP contribution is -2.51. The number of hydrogen-bond acceptors (Lipinski definition) is 5. The van der Waals surface area contributed by atoms with Crippen molar-refractivity contribution in [2.45, 2.75) is 13.0 Å². The number of fused-ring (bicyclic) bond motifs is 1. The lowest BCUT2D eigenvalue weighted by Gasteiger charge is -2.34. The highest BCUT2D eigenvalue weighted by atomic mass is 16.5. The average Bonchev–Trinajstić information content (AvgIpc) is 2.53. The van der Waals surface area contributed by atoms with E-state index in [-0.39, 0.29) is 25.6 Å². The lowest BCUT2D eigenvalue weighted by atomic mass is 10.1. The van der Waals surface area contributed by atoms with E-state index in [9.17, 15) is 9.59 Å². The van der Waals surface area contributed by atoms with Gasteiger partial charge >= 0.3 is 0 Å². The van der Waals surface area contributed by atoms with Crippen molar-refractivity contribution in [3.8, 4) is 5.75 Å². The molecule has 2 amide bonds. The van der Waals surface area contributed by atoms with Crippen LogP contribution in [0.4, 0.5) is 5.69 Å². The molecule has 7 nitrogen and oxygen atoms in total. The van der Waals surface area contributed by atoms with E-state index in [1.165, 1.54) is 4.90 Å². The summed E-state index contributed by atoms with van der Waals surface area (Å²) in [5, 5.41) is 9.02. The molecule has 0 aliphatic carbocycles. The van der Waals surface area contributed by atoms with Crippen molar-refractivity contribution in [3.63, 3.8) is 0 Å². The van der Waals surface area contributed by atoms with Crippen LogP contribution in [-0.4, -0.2) is 60.7 Å². The Balaban J connectivity index is 2.20. The molecule has 1 atom stereocenters. The predicted octanol–water partition coefficient (Wildman–Crippen LogP) is -0.420. The van der Waals surface area contributed by atoms with E-state index in [1.54, 1.807) is 24.3 Å². The van der Waals surface area contributed by atoms with E-state index in [0.29, 0.717) is 24.5 Å². The lowest BCUT2D eigenvalue weighted by molar-refractivity contribution is -0.125. The average molecular weight is 307 g/mol. The minimum atomic E-state index is -0.855. The number of nitrogens with two attached hydrogens (primary N) is 1. The van der Waals surface area contributed by atoms with E-state index < -0.39 is 12.0 Å². The summed E-state index contributed by atoms with van der Waals surface area (Å²) in [5.41, 5.74) is 5.95. The Morgan fingerprint density at radius 3 is 2.82 bits per heavy atom. The molecule has 0 spiro atoms. The summed E-state index contributed by atoms with van der Waals surface area (Å²) < 4.78 is 5.53. The first-order valence-corrected chi connectivity index (χ1v) is 7.25. The van der Waals surface area contributed by atoms with Crippen LogP contribution < -0.4 is 15.4 Å². The molecule has 0 saturated carbocycles. The van der Waals surface area contributed by atoms with Crippen molar-refractivity contribution in [2.75, 3.05) is 37.7 Å². The maximum Gasteiger partial charge on any atom is 0.260 e. The van der Waals surface area contributed by atoms with Gasteiger partial charge in [0.15, 0.2) is 6.10 Å². The van der Waals surface area contributed by atoms with E-state index in [0.717, 1.165) is 0 Å². The fourth-order valence-electron chi connectivity index (χ4n) is 2.39. The van der Waals surface area contributed by atoms with E-state index in [4.69, 9.17) is 15.6 Å². The number of hydrogen-bond donors (Lipinski definition) is 2. The number of amides is 2. The van der Waals surface area contributed by atoms with Gasteiger partial charge in [-0.3, -0.25) is 14.5 Å². The van der Waals surface area contributed by atoms with Crippen LogP contribution in [0.15, 0.2) is 24.3 Å². The van der Waals surface area contributed by atoms with Crippen LogP contribution in [0.25, 0.3) is 0 Å². The van der Waals surface area contributed by atoms with E-state index in [2.05, 4.69) is 0 Å². The van der Waals surface area contributed by atoms with Gasteiger partial charge < -0.3 is 20.5 Å². The normalized spacial score (nSPS) is 17.0. The van der Waals surface area contributed by atoms with Crippen LogP contribution in [0.2, 0.25) is 0 Å². The third-order valence-electron chi connectivity index (χ3n) is 3.61. The number of primary amides is 1. The Morgan fingerprint density at radius 1 is 1.45 bits per heavy atom. The maximum atomic E-state index is 12.6. The van der Waals surface area contributed by atoms with Crippen molar-refractivity contribution in [2.24, 2.45) is 5.73 Å². The Kier molecular flexibility index (Phi) is 5.35. The Hall–Kier alpha value is -2.12. The summed E-state index contributed by atoms with van der Waals surface area (Å²) in [6, 6.07) is 7.05. The smallest absolute Gasteiger partial charge is 0.260 e. The molecule has 1 unspecified atom stereocenters. The third-order valence-corrected chi connectivity index (χ3v) is 3.61. The van der Waals surface area contributed by atoms with Gasteiger partial charge in [0.25, 0.3) is 5.91 Å². The zero-order chi connectivity index (χ0) is 16.1. The van der Waals surface area contributed by atoms with Gasteiger partial charge in [0.05, 0.1) is 25.4 Å². The predicted molar refractivity (Wildman–Crippen MR) is 81.6 cm³/mol. The summed E-state index contributed by atoms with van der Waals surface area (Å²) in [5.74, 6) is -0.289. The summed E-state index contributed by atoms with van der Waals surface area (Å²) in [6.45, 7) is 3.25. The number of aliphatic hydroxyl groups excluding tert-OH is 1. The molecule has 1 heterocycles. The highest BCUT2D eigenvalue weighted by Gasteiger charge is 2.32. The van der Waals surface area contributed by atoms with Crippen molar-refractivity contribution in [1.29, 1.82) is 0 Å². The first-order chi connectivity index (χ1) is 10.6. The molecule has 120 valence electrons. The van der Waals surface area contributed by atoms with Crippen LogP contribution in [0.1, 0.15) is 6.92 Å². The van der Waals surface area contributed by atoms with Crippen LogP contribution >= 0.6 is 0 Å². The number of aliphatic hydroxyl groups is 1. The summed E-state index contributed by atoms with van der Waals surface area (Å²) in [4.78, 5) is 27.4. The van der Waals surface area contributed by atoms with Gasteiger partial charge in [0.1, 0.15) is 5.75 Å². The number of likely N-dealkylation sites (N-methyl/N-ethyl adjacent to an activating group) is 1. The number of nitrogens with zero attached hydrogens (tertiary/aromatic N) is 2. The van der Waals surface area contributed by atoms with Crippen LogP contribution in [0, 0.1) is 0 Å². The van der Waals surface area contributed by atoms with Crippen molar-refractivity contribution in [3.05, 3.63) is 24.3 Å². The van der Waals surface area contributed by atoms with Gasteiger partial charge in [0.2, 0.25) is 5.91 Å². The van der Waals surface area contributed by atoms with Gasteiger partial charge in [0, 0.05) is 6.54 Å². The number of carbonyl (C=O) groups is 2. The Labute approximate surface area is 129 Å². The Bertz CT molecular complexity index is 549. The van der Waals surface area contributed by atoms with Gasteiger partial charge in [-0.1, -0.05) is 19.1 Å². The molecule has 0 saturated heterocycles. The molecule has 0 aromatic heterocycles.